The highest BCUT2D eigenvalue weighted by Gasteiger charge is 2.30. The zero-order valence-corrected chi connectivity index (χ0v) is 13.0. The highest BCUT2D eigenvalue weighted by Crippen LogP contribution is 2.33. The minimum atomic E-state index is -4.43. The Hall–Kier alpha value is -3.60. The van der Waals surface area contributed by atoms with Crippen LogP contribution in [0.2, 0.25) is 0 Å². The Morgan fingerprint density at radius 2 is 1.88 bits per heavy atom. The lowest BCUT2D eigenvalue weighted by Gasteiger charge is -2.11. The van der Waals surface area contributed by atoms with E-state index < -0.39 is 17.3 Å². The summed E-state index contributed by atoms with van der Waals surface area (Å²) in [6, 6.07) is 10.6. The van der Waals surface area contributed by atoms with Gasteiger partial charge in [0.1, 0.15) is 17.4 Å². The van der Waals surface area contributed by atoms with Gasteiger partial charge in [-0.2, -0.15) is 18.4 Å². The van der Waals surface area contributed by atoms with Crippen LogP contribution in [-0.4, -0.2) is 9.97 Å². The van der Waals surface area contributed by atoms with Crippen molar-refractivity contribution >= 4 is 0 Å². The third kappa shape index (κ3) is 3.57. The number of pyridine rings is 2. The fraction of sp³-hybridized carbons (Fsp3) is 0.0556. The number of ether oxygens (including phenoxy) is 1. The lowest BCUT2D eigenvalue weighted by Crippen LogP contribution is -2.09. The Kier molecular flexibility index (Phi) is 4.45. The molecule has 26 heavy (non-hydrogen) atoms. The molecule has 0 amide bonds. The number of hydrogen-bond donors (Lipinski definition) is 1. The number of aromatic amines is 1. The maximum atomic E-state index is 12.6. The molecular formula is C18H10F3N3O2. The number of hydrogen-bond acceptors (Lipinski definition) is 4. The molecule has 0 saturated heterocycles. The Balaban J connectivity index is 1.96. The largest absolute Gasteiger partial charge is 0.438 e. The molecule has 0 unspecified atom stereocenters. The van der Waals surface area contributed by atoms with Gasteiger partial charge in [-0.3, -0.25) is 4.79 Å². The standard InChI is InChI=1S/C18H10F3N3O2/c19-18(20,21)13-3-5-14(6-4-13)26-17-15(2-1-7-23-17)12-8-11(9-22)16(25)24-10-12/h1-8,10H,(H,24,25). The summed E-state index contributed by atoms with van der Waals surface area (Å²) < 4.78 is 43.5. The second-order valence-electron chi connectivity index (χ2n) is 5.22. The van der Waals surface area contributed by atoms with Crippen LogP contribution in [0.15, 0.2) is 59.7 Å². The van der Waals surface area contributed by atoms with E-state index in [1.807, 2.05) is 0 Å². The van der Waals surface area contributed by atoms with E-state index in [1.165, 1.54) is 30.6 Å². The smallest absolute Gasteiger partial charge is 0.416 e. The number of alkyl halides is 3. The van der Waals surface area contributed by atoms with Crippen molar-refractivity contribution < 1.29 is 17.9 Å². The van der Waals surface area contributed by atoms with Crippen molar-refractivity contribution in [2.75, 3.05) is 0 Å². The predicted octanol–water partition coefficient (Wildman–Crippen LogP) is 4.12. The van der Waals surface area contributed by atoms with Crippen molar-refractivity contribution in [3.63, 3.8) is 0 Å². The number of H-pyrrole nitrogens is 1. The molecule has 0 fully saturated rings. The van der Waals surface area contributed by atoms with E-state index in [1.54, 1.807) is 18.2 Å². The lowest BCUT2D eigenvalue weighted by molar-refractivity contribution is -0.137. The molecule has 1 aromatic carbocycles. The van der Waals surface area contributed by atoms with Crippen LogP contribution in [0.5, 0.6) is 11.6 Å². The van der Waals surface area contributed by atoms with Crippen LogP contribution in [0.3, 0.4) is 0 Å². The zero-order valence-electron chi connectivity index (χ0n) is 13.0. The fourth-order valence-electron chi connectivity index (χ4n) is 2.24. The van der Waals surface area contributed by atoms with Crippen LogP contribution in [0.1, 0.15) is 11.1 Å². The summed E-state index contributed by atoms with van der Waals surface area (Å²) in [5, 5.41) is 8.98. The van der Waals surface area contributed by atoms with Crippen molar-refractivity contribution in [2.24, 2.45) is 0 Å². The molecule has 0 atom stereocenters. The van der Waals surface area contributed by atoms with Gasteiger partial charge >= 0.3 is 6.18 Å². The third-order valence-electron chi connectivity index (χ3n) is 3.50. The minimum Gasteiger partial charge on any atom is -0.438 e. The number of aromatic nitrogens is 2. The maximum absolute atomic E-state index is 12.6. The molecule has 3 rings (SSSR count). The summed E-state index contributed by atoms with van der Waals surface area (Å²) in [4.78, 5) is 18.0. The number of nitriles is 1. The third-order valence-corrected chi connectivity index (χ3v) is 3.50. The first-order valence-corrected chi connectivity index (χ1v) is 7.32. The van der Waals surface area contributed by atoms with E-state index in [2.05, 4.69) is 9.97 Å². The van der Waals surface area contributed by atoms with E-state index in [4.69, 9.17) is 10.00 Å². The summed E-state index contributed by atoms with van der Waals surface area (Å²) in [6.45, 7) is 0. The van der Waals surface area contributed by atoms with Crippen molar-refractivity contribution in [3.05, 3.63) is 76.3 Å². The average Bonchev–Trinajstić information content (AvgIpc) is 2.62. The first kappa shape index (κ1) is 17.2. The molecule has 2 heterocycles. The van der Waals surface area contributed by atoms with Crippen LogP contribution in [0, 0.1) is 11.3 Å². The normalized spacial score (nSPS) is 11.0. The van der Waals surface area contributed by atoms with Crippen LogP contribution in [0.4, 0.5) is 13.2 Å². The van der Waals surface area contributed by atoms with Gasteiger partial charge in [0.25, 0.3) is 5.56 Å². The molecule has 0 saturated carbocycles. The maximum Gasteiger partial charge on any atom is 0.416 e. The SMILES string of the molecule is N#Cc1cc(-c2cccnc2Oc2ccc(C(F)(F)F)cc2)c[nH]c1=O. The number of halogens is 3. The van der Waals surface area contributed by atoms with Gasteiger partial charge in [0.15, 0.2) is 0 Å². The van der Waals surface area contributed by atoms with Gasteiger partial charge in [-0.1, -0.05) is 0 Å². The Labute approximate surface area is 145 Å². The first-order valence-electron chi connectivity index (χ1n) is 7.32. The Bertz CT molecular complexity index is 1040. The molecule has 0 bridgehead atoms. The first-order chi connectivity index (χ1) is 12.4. The zero-order chi connectivity index (χ0) is 18.7. The van der Waals surface area contributed by atoms with Gasteiger partial charge in [0.05, 0.1) is 5.56 Å². The molecule has 8 heteroatoms. The second kappa shape index (κ2) is 6.72. The van der Waals surface area contributed by atoms with Gasteiger partial charge < -0.3 is 9.72 Å². The van der Waals surface area contributed by atoms with Gasteiger partial charge in [-0.25, -0.2) is 4.98 Å². The molecule has 3 aromatic rings. The highest BCUT2D eigenvalue weighted by molar-refractivity contribution is 5.69. The lowest BCUT2D eigenvalue weighted by atomic mass is 10.1. The topological polar surface area (TPSA) is 78.8 Å². The van der Waals surface area contributed by atoms with Gasteiger partial charge in [-0.15, -0.1) is 0 Å². The van der Waals surface area contributed by atoms with Crippen LogP contribution in [0.25, 0.3) is 11.1 Å². The van der Waals surface area contributed by atoms with E-state index >= 15 is 0 Å². The molecule has 5 nitrogen and oxygen atoms in total. The number of benzene rings is 1. The summed E-state index contributed by atoms with van der Waals surface area (Å²) in [5.41, 5.74) is -0.432. The van der Waals surface area contributed by atoms with E-state index in [0.29, 0.717) is 11.1 Å². The van der Waals surface area contributed by atoms with Gasteiger partial charge in [0.2, 0.25) is 5.88 Å². The molecule has 0 spiro atoms. The summed E-state index contributed by atoms with van der Waals surface area (Å²) in [7, 11) is 0. The summed E-state index contributed by atoms with van der Waals surface area (Å²) in [6.07, 6.45) is -1.57. The molecule has 1 N–H and O–H groups in total. The van der Waals surface area contributed by atoms with Crippen molar-refractivity contribution in [2.45, 2.75) is 6.18 Å². The van der Waals surface area contributed by atoms with E-state index in [9.17, 15) is 18.0 Å². The van der Waals surface area contributed by atoms with Gasteiger partial charge in [-0.05, 0) is 42.5 Å². The van der Waals surface area contributed by atoms with Crippen LogP contribution >= 0.6 is 0 Å². The monoisotopic (exact) mass is 357 g/mol. The molecule has 0 aliphatic rings. The highest BCUT2D eigenvalue weighted by atomic mass is 19.4. The van der Waals surface area contributed by atoms with Crippen molar-refractivity contribution in [3.8, 4) is 28.8 Å². The average molecular weight is 357 g/mol. The summed E-state index contributed by atoms with van der Waals surface area (Å²) in [5.74, 6) is 0.297. The molecule has 0 aliphatic carbocycles. The van der Waals surface area contributed by atoms with Crippen molar-refractivity contribution in [1.29, 1.82) is 5.26 Å². The Morgan fingerprint density at radius 3 is 2.54 bits per heavy atom. The molecule has 0 aliphatic heterocycles. The molecule has 2 aromatic heterocycles. The number of nitrogens with zero attached hydrogens (tertiary/aromatic N) is 2. The number of rotatable bonds is 3. The Morgan fingerprint density at radius 1 is 1.15 bits per heavy atom. The minimum absolute atomic E-state index is 0.0770. The fourth-order valence-corrected chi connectivity index (χ4v) is 2.24. The van der Waals surface area contributed by atoms with Crippen LogP contribution < -0.4 is 10.3 Å². The van der Waals surface area contributed by atoms with Crippen molar-refractivity contribution in [1.82, 2.24) is 9.97 Å². The molecule has 130 valence electrons. The number of nitrogens with one attached hydrogen (secondary N) is 1. The quantitative estimate of drug-likeness (QED) is 0.765. The summed E-state index contributed by atoms with van der Waals surface area (Å²) >= 11 is 0. The van der Waals surface area contributed by atoms with Gasteiger partial charge in [0, 0.05) is 23.5 Å². The molecular weight excluding hydrogens is 347 g/mol. The van der Waals surface area contributed by atoms with Crippen LogP contribution in [-0.2, 0) is 6.18 Å². The predicted molar refractivity (Wildman–Crippen MR) is 86.5 cm³/mol. The van der Waals surface area contributed by atoms with E-state index in [0.717, 1.165) is 12.1 Å². The second-order valence-corrected chi connectivity index (χ2v) is 5.22. The molecule has 0 radical (unpaired) electrons. The van der Waals surface area contributed by atoms with E-state index in [-0.39, 0.29) is 17.2 Å².